The van der Waals surface area contributed by atoms with Crippen LogP contribution in [-0.4, -0.2) is 52.9 Å². The number of anilines is 1. The number of carbonyl (C=O) groups excluding carboxylic acids is 2. The molecule has 2 aliphatic heterocycles. The van der Waals surface area contributed by atoms with Crippen molar-refractivity contribution in [1.82, 2.24) is 10.3 Å². The lowest BCUT2D eigenvalue weighted by molar-refractivity contribution is -0.142. The van der Waals surface area contributed by atoms with E-state index in [1.165, 1.54) is 12.6 Å². The molecule has 3 N–H and O–H groups in total. The number of hydrogen-bond donors (Lipinski definition) is 3. The minimum atomic E-state index is -0.507. The van der Waals surface area contributed by atoms with Crippen molar-refractivity contribution in [3.8, 4) is 5.75 Å². The normalized spacial score (nSPS) is 26.1. The van der Waals surface area contributed by atoms with Gasteiger partial charge in [0.15, 0.2) is 0 Å². The zero-order valence-corrected chi connectivity index (χ0v) is 19.1. The highest BCUT2D eigenvalue weighted by atomic mass is 16.6. The van der Waals surface area contributed by atoms with E-state index >= 15 is 0 Å². The van der Waals surface area contributed by atoms with Gasteiger partial charge in [-0.25, -0.2) is 0 Å². The Balaban J connectivity index is 1.27. The van der Waals surface area contributed by atoms with Crippen molar-refractivity contribution in [3.05, 3.63) is 53.9 Å². The van der Waals surface area contributed by atoms with Crippen molar-refractivity contribution < 1.29 is 24.2 Å². The van der Waals surface area contributed by atoms with E-state index in [2.05, 4.69) is 15.6 Å². The summed E-state index contributed by atoms with van der Waals surface area (Å²) in [6.45, 7) is -0.180. The first-order valence-corrected chi connectivity index (χ1v) is 12.2. The molecule has 3 aliphatic rings. The number of hydrogen-bond acceptors (Lipinski definition) is 6. The van der Waals surface area contributed by atoms with E-state index in [1.807, 2.05) is 12.1 Å². The van der Waals surface area contributed by atoms with Gasteiger partial charge in [0.25, 0.3) is 5.91 Å². The summed E-state index contributed by atoms with van der Waals surface area (Å²) in [5.41, 5.74) is 2.11. The standard InChI is InChI=1S/C26H31N3O5/c30-15-23-25-21(12-19(33-23)13-24(31)28-17-6-2-1-3-7-17)20-11-18(8-9-22(20)34-25)29-26(32)16-5-4-10-27-14-16/h4-5,8-11,14,17,19,21,23,25,30H,1-3,6-7,12-13,15H2,(H,28,31)(H,29,32)/t19-,21-,23-,25+/m1/s1. The van der Waals surface area contributed by atoms with Gasteiger partial charge in [0.2, 0.25) is 5.91 Å². The van der Waals surface area contributed by atoms with Crippen LogP contribution in [0.3, 0.4) is 0 Å². The highest BCUT2D eigenvalue weighted by Gasteiger charge is 2.46. The minimum absolute atomic E-state index is 0.00339. The number of aromatic nitrogens is 1. The van der Waals surface area contributed by atoms with Gasteiger partial charge in [0.1, 0.15) is 18.0 Å². The molecule has 180 valence electrons. The molecule has 8 heteroatoms. The Kier molecular flexibility index (Phi) is 6.78. The SMILES string of the molecule is O=C(C[C@H]1C[C@@H]2c3cc(NC(=O)c4cccnc4)ccc3O[C@@H]2[C@@H](CO)O1)NC1CCCCC1. The topological polar surface area (TPSA) is 110 Å². The predicted octanol–water partition coefficient (Wildman–Crippen LogP) is 3.17. The van der Waals surface area contributed by atoms with Gasteiger partial charge in [-0.15, -0.1) is 0 Å². The first-order valence-electron chi connectivity index (χ1n) is 12.2. The summed E-state index contributed by atoms with van der Waals surface area (Å²) in [6, 6.07) is 9.25. The first-order chi connectivity index (χ1) is 16.6. The van der Waals surface area contributed by atoms with Crippen molar-refractivity contribution in [2.45, 2.75) is 75.2 Å². The third kappa shape index (κ3) is 4.93. The lowest BCUT2D eigenvalue weighted by Gasteiger charge is -2.37. The summed E-state index contributed by atoms with van der Waals surface area (Å²) in [5, 5.41) is 16.0. The lowest BCUT2D eigenvalue weighted by atomic mass is 9.84. The molecule has 2 fully saturated rings. The number of rotatable bonds is 6. The smallest absolute Gasteiger partial charge is 0.257 e. The molecule has 2 aromatic rings. The van der Waals surface area contributed by atoms with Gasteiger partial charge < -0.3 is 25.2 Å². The number of fused-ring (bicyclic) bond motifs is 3. The maximum atomic E-state index is 12.7. The van der Waals surface area contributed by atoms with Crippen molar-refractivity contribution in [3.63, 3.8) is 0 Å². The van der Waals surface area contributed by atoms with Crippen LogP contribution in [0.4, 0.5) is 5.69 Å². The second kappa shape index (κ2) is 10.1. The van der Waals surface area contributed by atoms with E-state index in [0.717, 1.165) is 37.0 Å². The largest absolute Gasteiger partial charge is 0.487 e. The number of pyridine rings is 1. The highest BCUT2D eigenvalue weighted by Crippen LogP contribution is 2.47. The number of carbonyl (C=O) groups is 2. The van der Waals surface area contributed by atoms with Gasteiger partial charge in [-0.1, -0.05) is 19.3 Å². The van der Waals surface area contributed by atoms with Gasteiger partial charge >= 0.3 is 0 Å². The fraction of sp³-hybridized carbons (Fsp3) is 0.500. The van der Waals surface area contributed by atoms with Crippen LogP contribution < -0.4 is 15.4 Å². The molecule has 0 radical (unpaired) electrons. The molecule has 2 amide bonds. The number of nitrogens with one attached hydrogen (secondary N) is 2. The molecule has 1 saturated carbocycles. The molecule has 4 atom stereocenters. The average Bonchev–Trinajstić information content (AvgIpc) is 3.22. The Labute approximate surface area is 199 Å². The summed E-state index contributed by atoms with van der Waals surface area (Å²) in [5.74, 6) is 0.469. The Morgan fingerprint density at radius 1 is 1.15 bits per heavy atom. The fourth-order valence-electron chi connectivity index (χ4n) is 5.41. The molecule has 3 heterocycles. The number of ether oxygens (including phenoxy) is 2. The van der Waals surface area contributed by atoms with E-state index in [-0.39, 0.29) is 49.0 Å². The van der Waals surface area contributed by atoms with Gasteiger partial charge in [-0.05, 0) is 49.6 Å². The number of aliphatic hydroxyl groups excluding tert-OH is 1. The van der Waals surface area contributed by atoms with Crippen LogP contribution in [0.5, 0.6) is 5.75 Å². The maximum absolute atomic E-state index is 12.7. The molecule has 1 aliphatic carbocycles. The van der Waals surface area contributed by atoms with Crippen LogP contribution >= 0.6 is 0 Å². The van der Waals surface area contributed by atoms with E-state index in [1.54, 1.807) is 24.4 Å². The molecule has 1 saturated heterocycles. The zero-order chi connectivity index (χ0) is 23.5. The van der Waals surface area contributed by atoms with E-state index < -0.39 is 6.10 Å². The summed E-state index contributed by atoms with van der Waals surface area (Å²) in [6.07, 6.45) is 8.54. The third-order valence-electron chi connectivity index (χ3n) is 7.06. The fourth-order valence-corrected chi connectivity index (χ4v) is 5.41. The molecule has 8 nitrogen and oxygen atoms in total. The predicted molar refractivity (Wildman–Crippen MR) is 126 cm³/mol. The monoisotopic (exact) mass is 465 g/mol. The average molecular weight is 466 g/mol. The molecule has 5 rings (SSSR count). The zero-order valence-electron chi connectivity index (χ0n) is 19.1. The second-order valence-electron chi connectivity index (χ2n) is 9.46. The van der Waals surface area contributed by atoms with E-state index in [9.17, 15) is 14.7 Å². The number of amides is 2. The molecule has 34 heavy (non-hydrogen) atoms. The summed E-state index contributed by atoms with van der Waals surface area (Å²) < 4.78 is 12.2. The van der Waals surface area contributed by atoms with Crippen molar-refractivity contribution >= 4 is 17.5 Å². The van der Waals surface area contributed by atoms with Crippen LogP contribution in [-0.2, 0) is 9.53 Å². The Hall–Kier alpha value is -2.97. The lowest BCUT2D eigenvalue weighted by Crippen LogP contribution is -2.48. The van der Waals surface area contributed by atoms with E-state index in [0.29, 0.717) is 17.7 Å². The van der Waals surface area contributed by atoms with Crippen LogP contribution in [0.15, 0.2) is 42.7 Å². The Bertz CT molecular complexity index is 1020. The summed E-state index contributed by atoms with van der Waals surface area (Å²) in [4.78, 5) is 29.2. The van der Waals surface area contributed by atoms with Crippen LogP contribution in [0.2, 0.25) is 0 Å². The van der Waals surface area contributed by atoms with E-state index in [4.69, 9.17) is 9.47 Å². The Morgan fingerprint density at radius 2 is 2.00 bits per heavy atom. The number of benzene rings is 1. The van der Waals surface area contributed by atoms with Crippen LogP contribution in [0, 0.1) is 0 Å². The molecule has 1 aromatic heterocycles. The molecule has 0 spiro atoms. The highest BCUT2D eigenvalue weighted by molar-refractivity contribution is 6.04. The van der Waals surface area contributed by atoms with Crippen LogP contribution in [0.1, 0.15) is 66.8 Å². The van der Waals surface area contributed by atoms with Crippen molar-refractivity contribution in [2.75, 3.05) is 11.9 Å². The van der Waals surface area contributed by atoms with Crippen molar-refractivity contribution in [2.24, 2.45) is 0 Å². The van der Waals surface area contributed by atoms with Gasteiger partial charge in [0, 0.05) is 35.6 Å². The summed E-state index contributed by atoms with van der Waals surface area (Å²) >= 11 is 0. The minimum Gasteiger partial charge on any atom is -0.487 e. The second-order valence-corrected chi connectivity index (χ2v) is 9.46. The first kappa shape index (κ1) is 22.8. The quantitative estimate of drug-likeness (QED) is 0.605. The molecule has 0 unspecified atom stereocenters. The molecular weight excluding hydrogens is 434 g/mol. The van der Waals surface area contributed by atoms with Gasteiger partial charge in [0.05, 0.1) is 24.7 Å². The number of aliphatic hydroxyl groups is 1. The van der Waals surface area contributed by atoms with Crippen molar-refractivity contribution in [1.29, 1.82) is 0 Å². The molecule has 1 aromatic carbocycles. The molecule has 0 bridgehead atoms. The summed E-state index contributed by atoms with van der Waals surface area (Å²) in [7, 11) is 0. The number of nitrogens with zero attached hydrogens (tertiary/aromatic N) is 1. The Morgan fingerprint density at radius 3 is 2.76 bits per heavy atom. The third-order valence-corrected chi connectivity index (χ3v) is 7.06. The van der Waals surface area contributed by atoms with Gasteiger partial charge in [-0.2, -0.15) is 0 Å². The van der Waals surface area contributed by atoms with Gasteiger partial charge in [-0.3, -0.25) is 14.6 Å². The maximum Gasteiger partial charge on any atom is 0.257 e. The molecular formula is C26H31N3O5. The van der Waals surface area contributed by atoms with Crippen LogP contribution in [0.25, 0.3) is 0 Å².